The van der Waals surface area contributed by atoms with Crippen LogP contribution in [-0.4, -0.2) is 24.5 Å². The highest BCUT2D eigenvalue weighted by Gasteiger charge is 2.18. The van der Waals surface area contributed by atoms with Crippen molar-refractivity contribution >= 4 is 22.2 Å². The number of aromatic nitrogens is 4. The van der Waals surface area contributed by atoms with E-state index in [2.05, 4.69) is 10.1 Å². The summed E-state index contributed by atoms with van der Waals surface area (Å²) in [4.78, 5) is 34.9. The van der Waals surface area contributed by atoms with E-state index in [0.717, 1.165) is 12.1 Å². The Labute approximate surface area is 101 Å². The van der Waals surface area contributed by atoms with Crippen LogP contribution in [0.5, 0.6) is 0 Å². The zero-order valence-corrected chi connectivity index (χ0v) is 9.01. The van der Waals surface area contributed by atoms with Gasteiger partial charge in [-0.3, -0.25) is 10.1 Å². The standard InChI is InChI=1S/C9H4FN5O4/c10-4-1-3-5(2-6(4)15(18)19)11-8(16)14-7(3)12-13-9(14)17/h1-2H,(H,11,16)(H,13,17). The Balaban J connectivity index is 2.58. The topological polar surface area (TPSA) is 126 Å². The monoisotopic (exact) mass is 265 g/mol. The van der Waals surface area contributed by atoms with Crippen molar-refractivity contribution in [3.05, 3.63) is 49.0 Å². The number of hydrogen-bond acceptors (Lipinski definition) is 5. The van der Waals surface area contributed by atoms with E-state index in [0.29, 0.717) is 4.40 Å². The predicted octanol–water partition coefficient (Wildman–Crippen LogP) is -0.0886. The fraction of sp³-hybridized carbons (Fsp3) is 0. The average molecular weight is 265 g/mol. The van der Waals surface area contributed by atoms with E-state index in [1.165, 1.54) is 0 Å². The summed E-state index contributed by atoms with van der Waals surface area (Å²) < 4.78 is 14.2. The zero-order chi connectivity index (χ0) is 13.7. The molecule has 0 aliphatic heterocycles. The molecule has 0 saturated heterocycles. The normalized spacial score (nSPS) is 11.2. The van der Waals surface area contributed by atoms with Gasteiger partial charge in [-0.2, -0.15) is 13.9 Å². The van der Waals surface area contributed by atoms with Crippen molar-refractivity contribution < 1.29 is 9.31 Å². The van der Waals surface area contributed by atoms with Gasteiger partial charge in [-0.25, -0.2) is 14.7 Å². The molecule has 0 atom stereocenters. The number of rotatable bonds is 1. The van der Waals surface area contributed by atoms with Crippen molar-refractivity contribution in [2.75, 3.05) is 0 Å². The van der Waals surface area contributed by atoms with Crippen LogP contribution in [0.4, 0.5) is 10.1 Å². The average Bonchev–Trinajstić information content (AvgIpc) is 2.72. The maximum Gasteiger partial charge on any atom is 0.351 e. The van der Waals surface area contributed by atoms with E-state index in [-0.39, 0.29) is 16.6 Å². The number of benzene rings is 1. The number of nitro groups is 1. The molecule has 96 valence electrons. The lowest BCUT2D eigenvalue weighted by Gasteiger charge is -2.00. The first-order valence-corrected chi connectivity index (χ1v) is 4.96. The van der Waals surface area contributed by atoms with Crippen LogP contribution in [0.1, 0.15) is 0 Å². The van der Waals surface area contributed by atoms with Crippen molar-refractivity contribution in [1.82, 2.24) is 19.6 Å². The van der Waals surface area contributed by atoms with Gasteiger partial charge in [0, 0.05) is 11.5 Å². The van der Waals surface area contributed by atoms with E-state index in [4.69, 9.17) is 0 Å². The molecule has 9 nitrogen and oxygen atoms in total. The Hall–Kier alpha value is -3.04. The summed E-state index contributed by atoms with van der Waals surface area (Å²) in [5.41, 5.74) is -2.45. The quantitative estimate of drug-likeness (QED) is 0.469. The van der Waals surface area contributed by atoms with Gasteiger partial charge >= 0.3 is 17.1 Å². The lowest BCUT2D eigenvalue weighted by atomic mass is 10.2. The smallest absolute Gasteiger partial charge is 0.306 e. The highest BCUT2D eigenvalue weighted by Crippen LogP contribution is 2.24. The van der Waals surface area contributed by atoms with Gasteiger partial charge in [0.05, 0.1) is 10.4 Å². The molecule has 2 aromatic heterocycles. The molecule has 3 aromatic rings. The van der Waals surface area contributed by atoms with Gasteiger partial charge in [-0.05, 0) is 6.07 Å². The summed E-state index contributed by atoms with van der Waals surface area (Å²) in [6.07, 6.45) is 0. The number of hydrogen-bond donors (Lipinski definition) is 2. The van der Waals surface area contributed by atoms with Crippen molar-refractivity contribution in [2.45, 2.75) is 0 Å². The van der Waals surface area contributed by atoms with Crippen LogP contribution in [0.2, 0.25) is 0 Å². The second kappa shape index (κ2) is 3.48. The molecule has 0 bridgehead atoms. The molecule has 2 N–H and O–H groups in total. The molecule has 0 aliphatic carbocycles. The molecule has 0 aliphatic rings. The number of H-pyrrole nitrogens is 2. The van der Waals surface area contributed by atoms with Crippen molar-refractivity contribution in [3.8, 4) is 0 Å². The highest BCUT2D eigenvalue weighted by atomic mass is 19.1. The number of fused-ring (bicyclic) bond motifs is 3. The zero-order valence-electron chi connectivity index (χ0n) is 9.01. The summed E-state index contributed by atoms with van der Waals surface area (Å²) in [5.74, 6) is -1.08. The number of nitro benzene ring substituents is 1. The Morgan fingerprint density at radius 2 is 2.05 bits per heavy atom. The number of aromatic amines is 2. The van der Waals surface area contributed by atoms with Crippen molar-refractivity contribution in [2.24, 2.45) is 0 Å². The Morgan fingerprint density at radius 1 is 1.32 bits per heavy atom. The first-order chi connectivity index (χ1) is 8.99. The second-order valence-electron chi connectivity index (χ2n) is 3.72. The molecule has 19 heavy (non-hydrogen) atoms. The number of nitrogens with zero attached hydrogens (tertiary/aromatic N) is 3. The van der Waals surface area contributed by atoms with Gasteiger partial charge in [0.2, 0.25) is 5.82 Å². The SMILES string of the molecule is O=c1[nH]nc2c3cc(F)c([N+](=O)[O-])cc3[nH]c(=O)n12. The first-order valence-electron chi connectivity index (χ1n) is 4.96. The maximum atomic E-state index is 13.5. The van der Waals surface area contributed by atoms with Crippen LogP contribution in [-0.2, 0) is 0 Å². The molecule has 0 unspecified atom stereocenters. The molecule has 0 fully saturated rings. The van der Waals surface area contributed by atoms with Crippen LogP contribution in [0.3, 0.4) is 0 Å². The summed E-state index contributed by atoms with van der Waals surface area (Å²) in [6, 6.07) is 1.73. The molecular weight excluding hydrogens is 261 g/mol. The molecule has 1 aromatic carbocycles. The molecule has 3 rings (SSSR count). The number of nitrogens with one attached hydrogen (secondary N) is 2. The minimum absolute atomic E-state index is 0.0181. The van der Waals surface area contributed by atoms with E-state index in [1.54, 1.807) is 0 Å². The minimum Gasteiger partial charge on any atom is -0.306 e. The van der Waals surface area contributed by atoms with Gasteiger partial charge in [-0.1, -0.05) is 0 Å². The van der Waals surface area contributed by atoms with Crippen LogP contribution in [0.15, 0.2) is 21.7 Å². The van der Waals surface area contributed by atoms with Crippen LogP contribution in [0.25, 0.3) is 16.6 Å². The van der Waals surface area contributed by atoms with E-state index in [1.807, 2.05) is 5.10 Å². The Morgan fingerprint density at radius 3 is 2.74 bits per heavy atom. The Kier molecular flexibility index (Phi) is 2.03. The van der Waals surface area contributed by atoms with Gasteiger partial charge in [-0.15, -0.1) is 0 Å². The third-order valence-electron chi connectivity index (χ3n) is 2.64. The lowest BCUT2D eigenvalue weighted by molar-refractivity contribution is -0.387. The molecule has 0 radical (unpaired) electrons. The fourth-order valence-corrected chi connectivity index (χ4v) is 1.83. The first kappa shape index (κ1) is 11.1. The van der Waals surface area contributed by atoms with Gasteiger partial charge in [0.1, 0.15) is 0 Å². The van der Waals surface area contributed by atoms with E-state index in [9.17, 15) is 24.1 Å². The van der Waals surface area contributed by atoms with Crippen LogP contribution in [0, 0.1) is 15.9 Å². The third-order valence-corrected chi connectivity index (χ3v) is 2.64. The van der Waals surface area contributed by atoms with Crippen LogP contribution < -0.4 is 11.4 Å². The molecule has 2 heterocycles. The summed E-state index contributed by atoms with van der Waals surface area (Å²) in [7, 11) is 0. The maximum absolute atomic E-state index is 13.5. The third kappa shape index (κ3) is 1.43. The van der Waals surface area contributed by atoms with Crippen LogP contribution >= 0.6 is 0 Å². The molecular formula is C9H4FN5O4. The predicted molar refractivity (Wildman–Crippen MR) is 60.6 cm³/mol. The minimum atomic E-state index is -1.08. The molecule has 10 heteroatoms. The molecule has 0 saturated carbocycles. The molecule has 0 amide bonds. The second-order valence-corrected chi connectivity index (χ2v) is 3.72. The lowest BCUT2D eigenvalue weighted by Crippen LogP contribution is -2.26. The largest absolute Gasteiger partial charge is 0.351 e. The van der Waals surface area contributed by atoms with Gasteiger partial charge in [0.15, 0.2) is 5.65 Å². The van der Waals surface area contributed by atoms with Crippen molar-refractivity contribution in [3.63, 3.8) is 0 Å². The summed E-state index contributed by atoms with van der Waals surface area (Å²) in [5, 5.41) is 16.3. The van der Waals surface area contributed by atoms with Gasteiger partial charge in [0.25, 0.3) is 0 Å². The van der Waals surface area contributed by atoms with E-state index < -0.39 is 27.8 Å². The summed E-state index contributed by atoms with van der Waals surface area (Å²) >= 11 is 0. The van der Waals surface area contributed by atoms with Gasteiger partial charge < -0.3 is 4.98 Å². The molecule has 0 spiro atoms. The summed E-state index contributed by atoms with van der Waals surface area (Å²) in [6.45, 7) is 0. The Bertz CT molecular complexity index is 953. The van der Waals surface area contributed by atoms with E-state index >= 15 is 0 Å². The van der Waals surface area contributed by atoms with Crippen molar-refractivity contribution in [1.29, 1.82) is 0 Å². The highest BCUT2D eigenvalue weighted by molar-refractivity contribution is 5.92. The number of halogens is 1. The fourth-order valence-electron chi connectivity index (χ4n) is 1.83.